The molecule has 0 saturated heterocycles. The molecule has 0 amide bonds. The lowest BCUT2D eigenvalue weighted by molar-refractivity contribution is -0.111. The molecule has 1 aliphatic carbocycles. The third-order valence-corrected chi connectivity index (χ3v) is 4.00. The van der Waals surface area contributed by atoms with Crippen LogP contribution in [0, 0.1) is 5.92 Å². The summed E-state index contributed by atoms with van der Waals surface area (Å²) in [6.45, 7) is 0. The zero-order valence-electron chi connectivity index (χ0n) is 11.5. The van der Waals surface area contributed by atoms with Crippen LogP contribution in [0.2, 0.25) is 0 Å². The molecule has 0 N–H and O–H groups in total. The van der Waals surface area contributed by atoms with E-state index in [1.165, 1.54) is 57.8 Å². The second-order valence-corrected chi connectivity index (χ2v) is 5.91. The quantitative estimate of drug-likeness (QED) is 0.271. The fourth-order valence-electron chi connectivity index (χ4n) is 2.67. The van der Waals surface area contributed by atoms with E-state index in [1.807, 2.05) is 0 Å². The summed E-state index contributed by atoms with van der Waals surface area (Å²) in [5.41, 5.74) is 0. The summed E-state index contributed by atoms with van der Waals surface area (Å²) in [5, 5.41) is -0.184. The van der Waals surface area contributed by atoms with Gasteiger partial charge in [-0.25, -0.2) is 0 Å². The monoisotopic (exact) mass is 270 g/mol. The SMILES string of the molecule is O=C(Cl)CCCCCCCCCC[C@H]1C=CCC1. The van der Waals surface area contributed by atoms with Crippen LogP contribution in [0.3, 0.4) is 0 Å². The maximum Gasteiger partial charge on any atom is 0.221 e. The lowest BCUT2D eigenvalue weighted by atomic mass is 9.99. The second-order valence-electron chi connectivity index (χ2n) is 5.49. The van der Waals surface area contributed by atoms with E-state index in [9.17, 15) is 4.79 Å². The second kappa shape index (κ2) is 10.6. The first-order chi connectivity index (χ1) is 8.79. The van der Waals surface area contributed by atoms with E-state index in [1.54, 1.807) is 0 Å². The van der Waals surface area contributed by atoms with Gasteiger partial charge in [-0.1, -0.05) is 57.1 Å². The highest BCUT2D eigenvalue weighted by Gasteiger charge is 2.07. The first kappa shape index (κ1) is 15.8. The van der Waals surface area contributed by atoms with E-state index in [2.05, 4.69) is 12.2 Å². The van der Waals surface area contributed by atoms with Gasteiger partial charge < -0.3 is 0 Å². The van der Waals surface area contributed by atoms with E-state index in [4.69, 9.17) is 11.6 Å². The average molecular weight is 271 g/mol. The number of hydrogen-bond donors (Lipinski definition) is 0. The molecule has 1 aliphatic rings. The fourth-order valence-corrected chi connectivity index (χ4v) is 2.80. The fraction of sp³-hybridized carbons (Fsp3) is 0.812. The zero-order valence-corrected chi connectivity index (χ0v) is 12.3. The molecule has 0 aromatic rings. The summed E-state index contributed by atoms with van der Waals surface area (Å²) in [4.78, 5) is 10.5. The molecule has 0 aromatic heterocycles. The standard InChI is InChI=1S/C16H27ClO/c17-16(18)14-8-6-4-2-1-3-5-7-11-15-12-9-10-13-15/h9,12,15H,1-8,10-11,13-14H2/t15-/m0/s1. The number of rotatable bonds is 11. The molecule has 0 saturated carbocycles. The largest absolute Gasteiger partial charge is 0.281 e. The van der Waals surface area contributed by atoms with Gasteiger partial charge in [-0.3, -0.25) is 4.79 Å². The minimum absolute atomic E-state index is 0.184. The molecule has 0 radical (unpaired) electrons. The van der Waals surface area contributed by atoms with E-state index in [-0.39, 0.29) is 5.24 Å². The van der Waals surface area contributed by atoms with Crippen LogP contribution in [0.5, 0.6) is 0 Å². The molecule has 0 fully saturated rings. The van der Waals surface area contributed by atoms with Crippen molar-refractivity contribution in [3.05, 3.63) is 12.2 Å². The third kappa shape index (κ3) is 8.74. The predicted molar refractivity (Wildman–Crippen MR) is 78.9 cm³/mol. The molecule has 104 valence electrons. The molecule has 1 atom stereocenters. The Hall–Kier alpha value is -0.300. The van der Waals surface area contributed by atoms with Crippen molar-refractivity contribution in [1.82, 2.24) is 0 Å². The Balaban J connectivity index is 1.73. The van der Waals surface area contributed by atoms with E-state index >= 15 is 0 Å². The minimum Gasteiger partial charge on any atom is -0.281 e. The number of carbonyl (C=O) groups is 1. The van der Waals surface area contributed by atoms with Crippen LogP contribution in [0.25, 0.3) is 0 Å². The summed E-state index contributed by atoms with van der Waals surface area (Å²) in [6.07, 6.45) is 19.6. The number of hydrogen-bond acceptors (Lipinski definition) is 1. The topological polar surface area (TPSA) is 17.1 Å². The summed E-state index contributed by atoms with van der Waals surface area (Å²) in [6, 6.07) is 0. The van der Waals surface area contributed by atoms with Crippen molar-refractivity contribution in [2.75, 3.05) is 0 Å². The van der Waals surface area contributed by atoms with Crippen molar-refractivity contribution >= 4 is 16.8 Å². The van der Waals surface area contributed by atoms with Gasteiger partial charge in [0.15, 0.2) is 0 Å². The van der Waals surface area contributed by atoms with Gasteiger partial charge in [0.25, 0.3) is 0 Å². The Labute approximate surface area is 117 Å². The van der Waals surface area contributed by atoms with Crippen molar-refractivity contribution in [2.45, 2.75) is 77.0 Å². The van der Waals surface area contributed by atoms with Crippen molar-refractivity contribution < 1.29 is 4.79 Å². The molecular formula is C16H27ClO. The molecule has 0 bridgehead atoms. The smallest absolute Gasteiger partial charge is 0.221 e. The number of allylic oxidation sites excluding steroid dienone is 2. The predicted octanol–water partition coefficient (Wildman–Crippen LogP) is 5.62. The molecule has 0 unspecified atom stereocenters. The lowest BCUT2D eigenvalue weighted by Crippen LogP contribution is -1.91. The average Bonchev–Trinajstić information content (AvgIpc) is 2.84. The lowest BCUT2D eigenvalue weighted by Gasteiger charge is -2.06. The number of halogens is 1. The van der Waals surface area contributed by atoms with Crippen LogP contribution < -0.4 is 0 Å². The van der Waals surface area contributed by atoms with Crippen molar-refractivity contribution in [2.24, 2.45) is 5.92 Å². The maximum atomic E-state index is 10.5. The molecular weight excluding hydrogens is 244 g/mol. The molecule has 0 spiro atoms. The highest BCUT2D eigenvalue weighted by atomic mass is 35.5. The van der Waals surface area contributed by atoms with Crippen LogP contribution in [0.1, 0.15) is 77.0 Å². The van der Waals surface area contributed by atoms with E-state index < -0.39 is 0 Å². The Morgan fingerprint density at radius 3 is 2.17 bits per heavy atom. The van der Waals surface area contributed by atoms with Crippen molar-refractivity contribution in [3.63, 3.8) is 0 Å². The highest BCUT2D eigenvalue weighted by Crippen LogP contribution is 2.23. The van der Waals surface area contributed by atoms with Crippen LogP contribution in [-0.4, -0.2) is 5.24 Å². The number of carbonyl (C=O) groups excluding carboxylic acids is 1. The maximum absolute atomic E-state index is 10.5. The molecule has 18 heavy (non-hydrogen) atoms. The van der Waals surface area contributed by atoms with Crippen LogP contribution >= 0.6 is 11.6 Å². The van der Waals surface area contributed by atoms with Gasteiger partial charge in [0.2, 0.25) is 5.24 Å². The normalized spacial score (nSPS) is 18.4. The van der Waals surface area contributed by atoms with Crippen LogP contribution in [0.4, 0.5) is 0 Å². The molecule has 2 heteroatoms. The summed E-state index contributed by atoms with van der Waals surface area (Å²) in [7, 11) is 0. The molecule has 1 rings (SSSR count). The summed E-state index contributed by atoms with van der Waals surface area (Å²) < 4.78 is 0. The molecule has 0 aliphatic heterocycles. The summed E-state index contributed by atoms with van der Waals surface area (Å²) >= 11 is 5.29. The first-order valence-electron chi connectivity index (χ1n) is 7.64. The minimum atomic E-state index is -0.184. The highest BCUT2D eigenvalue weighted by molar-refractivity contribution is 6.63. The van der Waals surface area contributed by atoms with Crippen LogP contribution in [0.15, 0.2) is 12.2 Å². The van der Waals surface area contributed by atoms with Gasteiger partial charge in [-0.05, 0) is 43.2 Å². The Morgan fingerprint density at radius 2 is 1.61 bits per heavy atom. The van der Waals surface area contributed by atoms with Crippen molar-refractivity contribution in [3.8, 4) is 0 Å². The van der Waals surface area contributed by atoms with Crippen molar-refractivity contribution in [1.29, 1.82) is 0 Å². The van der Waals surface area contributed by atoms with Gasteiger partial charge in [-0.15, -0.1) is 0 Å². The van der Waals surface area contributed by atoms with Gasteiger partial charge in [-0.2, -0.15) is 0 Å². The Bertz CT molecular complexity index is 247. The van der Waals surface area contributed by atoms with Crippen LogP contribution in [-0.2, 0) is 4.79 Å². The Kier molecular flexibility index (Phi) is 9.28. The van der Waals surface area contributed by atoms with Gasteiger partial charge in [0.1, 0.15) is 0 Å². The molecule has 0 heterocycles. The third-order valence-electron chi connectivity index (χ3n) is 3.81. The molecule has 0 aromatic carbocycles. The van der Waals surface area contributed by atoms with Gasteiger partial charge >= 0.3 is 0 Å². The molecule has 1 nitrogen and oxygen atoms in total. The number of unbranched alkanes of at least 4 members (excludes halogenated alkanes) is 7. The van der Waals surface area contributed by atoms with Gasteiger partial charge in [0.05, 0.1) is 0 Å². The van der Waals surface area contributed by atoms with Gasteiger partial charge in [0, 0.05) is 6.42 Å². The van der Waals surface area contributed by atoms with E-state index in [0.717, 1.165) is 18.8 Å². The zero-order chi connectivity index (χ0) is 13.1. The summed E-state index contributed by atoms with van der Waals surface area (Å²) in [5.74, 6) is 0.887. The Morgan fingerprint density at radius 1 is 1.00 bits per heavy atom. The van der Waals surface area contributed by atoms with E-state index in [0.29, 0.717) is 6.42 Å². The first-order valence-corrected chi connectivity index (χ1v) is 8.02.